The molecule has 0 spiro atoms. The molecule has 0 unspecified atom stereocenters. The molecule has 5 nitrogen and oxygen atoms in total. The van der Waals surface area contributed by atoms with Crippen molar-refractivity contribution in [2.75, 3.05) is 6.61 Å². The number of carbonyl (C=O) groups excluding carboxylic acids is 1. The smallest absolute Gasteiger partial charge is 0.359 e. The van der Waals surface area contributed by atoms with E-state index in [0.717, 1.165) is 31.2 Å². The lowest BCUT2D eigenvalue weighted by atomic mass is 9.84. The quantitative estimate of drug-likeness (QED) is 0.854. The maximum absolute atomic E-state index is 12.3. The van der Waals surface area contributed by atoms with Gasteiger partial charge in [0.15, 0.2) is 5.69 Å². The van der Waals surface area contributed by atoms with Gasteiger partial charge in [0.1, 0.15) is 0 Å². The standard InChI is InChI=1S/C19H24N2O3/c1-2-24-18(22)16-17(15-9-5-3-6-10-15)21(14-20-16)13-19(23)11-7-4-8-12-19/h3,5-6,9-10,14,23H,2,4,7-8,11-13H2,1H3. The third-order valence-electron chi connectivity index (χ3n) is 4.60. The first-order valence-corrected chi connectivity index (χ1v) is 8.63. The minimum atomic E-state index is -0.728. The number of nitrogens with zero attached hydrogens (tertiary/aromatic N) is 2. The first-order chi connectivity index (χ1) is 11.6. The highest BCUT2D eigenvalue weighted by molar-refractivity contribution is 5.94. The Morgan fingerprint density at radius 3 is 2.62 bits per heavy atom. The Kier molecular flexibility index (Phi) is 5.00. The molecule has 0 amide bonds. The Bertz CT molecular complexity index is 688. The maximum atomic E-state index is 12.3. The van der Waals surface area contributed by atoms with Gasteiger partial charge >= 0.3 is 5.97 Å². The van der Waals surface area contributed by atoms with Crippen LogP contribution in [0.15, 0.2) is 36.7 Å². The molecule has 1 aromatic carbocycles. The van der Waals surface area contributed by atoms with Gasteiger partial charge in [-0.1, -0.05) is 49.6 Å². The lowest BCUT2D eigenvalue weighted by Crippen LogP contribution is -2.36. The Labute approximate surface area is 142 Å². The molecular weight excluding hydrogens is 304 g/mol. The lowest BCUT2D eigenvalue weighted by molar-refractivity contribution is -0.0111. The molecule has 1 N–H and O–H groups in total. The van der Waals surface area contributed by atoms with Crippen LogP contribution >= 0.6 is 0 Å². The minimum absolute atomic E-state index is 0.308. The van der Waals surface area contributed by atoms with E-state index in [9.17, 15) is 9.90 Å². The van der Waals surface area contributed by atoms with E-state index in [1.54, 1.807) is 13.3 Å². The second kappa shape index (κ2) is 7.18. The van der Waals surface area contributed by atoms with Crippen LogP contribution in [0.4, 0.5) is 0 Å². The summed E-state index contributed by atoms with van der Waals surface area (Å²) < 4.78 is 7.04. The highest BCUT2D eigenvalue weighted by Gasteiger charge is 2.31. The van der Waals surface area contributed by atoms with Crippen molar-refractivity contribution in [1.29, 1.82) is 0 Å². The van der Waals surface area contributed by atoms with E-state index in [-0.39, 0.29) is 0 Å². The van der Waals surface area contributed by atoms with Gasteiger partial charge in [0.2, 0.25) is 0 Å². The largest absolute Gasteiger partial charge is 0.461 e. The molecule has 1 heterocycles. The predicted molar refractivity (Wildman–Crippen MR) is 91.7 cm³/mol. The van der Waals surface area contributed by atoms with E-state index in [2.05, 4.69) is 4.98 Å². The van der Waals surface area contributed by atoms with E-state index >= 15 is 0 Å². The molecule has 0 atom stereocenters. The van der Waals surface area contributed by atoms with Crippen LogP contribution in [0.3, 0.4) is 0 Å². The monoisotopic (exact) mass is 328 g/mol. The van der Waals surface area contributed by atoms with Crippen LogP contribution in [0.1, 0.15) is 49.5 Å². The van der Waals surface area contributed by atoms with Crippen LogP contribution in [-0.2, 0) is 11.3 Å². The van der Waals surface area contributed by atoms with Crippen molar-refractivity contribution in [3.63, 3.8) is 0 Å². The average Bonchev–Trinajstić information content (AvgIpc) is 2.99. The summed E-state index contributed by atoms with van der Waals surface area (Å²) in [6.07, 6.45) is 6.46. The number of rotatable bonds is 5. The molecule has 1 fully saturated rings. The molecule has 0 saturated heterocycles. The van der Waals surface area contributed by atoms with E-state index in [1.165, 1.54) is 6.42 Å². The van der Waals surface area contributed by atoms with Gasteiger partial charge in [0.05, 0.1) is 30.8 Å². The van der Waals surface area contributed by atoms with Gasteiger partial charge < -0.3 is 14.4 Å². The van der Waals surface area contributed by atoms with E-state index in [0.29, 0.717) is 24.5 Å². The number of imidazole rings is 1. The normalized spacial score (nSPS) is 16.8. The zero-order valence-electron chi connectivity index (χ0n) is 14.1. The van der Waals surface area contributed by atoms with Gasteiger partial charge in [-0.05, 0) is 19.8 Å². The molecule has 1 aliphatic rings. The summed E-state index contributed by atoms with van der Waals surface area (Å²) >= 11 is 0. The van der Waals surface area contributed by atoms with E-state index in [1.807, 2.05) is 34.9 Å². The Morgan fingerprint density at radius 2 is 1.96 bits per heavy atom. The van der Waals surface area contributed by atoms with Crippen LogP contribution in [0.2, 0.25) is 0 Å². The lowest BCUT2D eigenvalue weighted by Gasteiger charge is -2.32. The van der Waals surface area contributed by atoms with Crippen molar-refractivity contribution in [2.45, 2.75) is 51.2 Å². The molecular formula is C19H24N2O3. The molecule has 5 heteroatoms. The van der Waals surface area contributed by atoms with Crippen molar-refractivity contribution in [2.24, 2.45) is 0 Å². The maximum Gasteiger partial charge on any atom is 0.359 e. The third kappa shape index (κ3) is 3.51. The topological polar surface area (TPSA) is 64.3 Å². The van der Waals surface area contributed by atoms with E-state index < -0.39 is 11.6 Å². The summed E-state index contributed by atoms with van der Waals surface area (Å²) in [5.74, 6) is -0.425. The number of benzene rings is 1. The first kappa shape index (κ1) is 16.7. The number of hydrogen-bond acceptors (Lipinski definition) is 4. The van der Waals surface area contributed by atoms with Crippen LogP contribution < -0.4 is 0 Å². The molecule has 1 aromatic heterocycles. The molecule has 1 saturated carbocycles. The Hall–Kier alpha value is -2.14. The number of carbonyl (C=O) groups is 1. The number of aromatic nitrogens is 2. The SMILES string of the molecule is CCOC(=O)c1ncn(CC2(O)CCCCC2)c1-c1ccccc1. The number of esters is 1. The second-order valence-electron chi connectivity index (χ2n) is 6.44. The van der Waals surface area contributed by atoms with Gasteiger partial charge in [-0.15, -0.1) is 0 Å². The average molecular weight is 328 g/mol. The van der Waals surface area contributed by atoms with Gasteiger partial charge in [-0.3, -0.25) is 0 Å². The second-order valence-corrected chi connectivity index (χ2v) is 6.44. The number of aliphatic hydroxyl groups is 1. The van der Waals surface area contributed by atoms with Crippen molar-refractivity contribution in [1.82, 2.24) is 9.55 Å². The summed E-state index contributed by atoms with van der Waals surface area (Å²) in [6.45, 7) is 2.54. The third-order valence-corrected chi connectivity index (χ3v) is 4.60. The van der Waals surface area contributed by atoms with Crippen molar-refractivity contribution in [3.8, 4) is 11.3 Å². The minimum Gasteiger partial charge on any atom is -0.461 e. The van der Waals surface area contributed by atoms with Gasteiger partial charge in [0, 0.05) is 5.56 Å². The summed E-state index contributed by atoms with van der Waals surface area (Å²) in [5, 5.41) is 10.9. The van der Waals surface area contributed by atoms with Crippen LogP contribution in [0, 0.1) is 0 Å². The Balaban J connectivity index is 1.98. The Morgan fingerprint density at radius 1 is 1.25 bits per heavy atom. The zero-order chi connectivity index (χ0) is 17.0. The van der Waals surface area contributed by atoms with Crippen LogP contribution in [0.25, 0.3) is 11.3 Å². The zero-order valence-corrected chi connectivity index (χ0v) is 14.1. The van der Waals surface area contributed by atoms with Gasteiger partial charge in [-0.25, -0.2) is 9.78 Å². The van der Waals surface area contributed by atoms with Crippen LogP contribution in [-0.4, -0.2) is 32.8 Å². The van der Waals surface area contributed by atoms with Gasteiger partial charge in [0.25, 0.3) is 0 Å². The highest BCUT2D eigenvalue weighted by atomic mass is 16.5. The molecule has 24 heavy (non-hydrogen) atoms. The first-order valence-electron chi connectivity index (χ1n) is 8.63. The van der Waals surface area contributed by atoms with Crippen molar-refractivity contribution >= 4 is 5.97 Å². The van der Waals surface area contributed by atoms with Crippen molar-refractivity contribution in [3.05, 3.63) is 42.4 Å². The van der Waals surface area contributed by atoms with Gasteiger partial charge in [-0.2, -0.15) is 0 Å². The molecule has 0 aliphatic heterocycles. The molecule has 0 radical (unpaired) electrons. The number of ether oxygens (including phenoxy) is 1. The summed E-state index contributed by atoms with van der Waals surface area (Å²) in [4.78, 5) is 16.5. The summed E-state index contributed by atoms with van der Waals surface area (Å²) in [7, 11) is 0. The summed E-state index contributed by atoms with van der Waals surface area (Å²) in [6, 6.07) is 9.68. The number of hydrogen-bond donors (Lipinski definition) is 1. The molecule has 1 aliphatic carbocycles. The predicted octanol–water partition coefficient (Wildman–Crippen LogP) is 3.42. The molecule has 2 aromatic rings. The summed E-state index contributed by atoms with van der Waals surface area (Å²) in [5.41, 5.74) is 1.20. The fourth-order valence-corrected chi connectivity index (χ4v) is 3.43. The molecule has 128 valence electrons. The fourth-order valence-electron chi connectivity index (χ4n) is 3.43. The molecule has 3 rings (SSSR count). The van der Waals surface area contributed by atoms with Crippen LogP contribution in [0.5, 0.6) is 0 Å². The van der Waals surface area contributed by atoms with Crippen molar-refractivity contribution < 1.29 is 14.6 Å². The molecule has 0 bridgehead atoms. The van der Waals surface area contributed by atoms with E-state index in [4.69, 9.17) is 4.74 Å². The highest BCUT2D eigenvalue weighted by Crippen LogP contribution is 2.32. The fraction of sp³-hybridized carbons (Fsp3) is 0.474.